The lowest BCUT2D eigenvalue weighted by molar-refractivity contribution is 0.977. The number of alkyl halides is 1. The van der Waals surface area contributed by atoms with Gasteiger partial charge in [0, 0.05) is 10.7 Å². The standard InChI is InChI=1S/C14H8BrClN4/c15-10-1-2-12(9(5-10)7-17)20-13-3-4-18-8-11(13)19-14(20)6-16/h1-5,8H,6H2. The Hall–Kier alpha value is -1.90. The Morgan fingerprint density at radius 2 is 2.20 bits per heavy atom. The van der Waals surface area contributed by atoms with Gasteiger partial charge < -0.3 is 0 Å². The van der Waals surface area contributed by atoms with E-state index >= 15 is 0 Å². The molecule has 6 heteroatoms. The second-order valence-corrected chi connectivity index (χ2v) is 5.32. The lowest BCUT2D eigenvalue weighted by Gasteiger charge is -2.10. The van der Waals surface area contributed by atoms with Crippen molar-refractivity contribution in [1.82, 2.24) is 14.5 Å². The fourth-order valence-corrected chi connectivity index (χ4v) is 2.67. The predicted molar refractivity (Wildman–Crippen MR) is 80.8 cm³/mol. The molecule has 0 N–H and O–H groups in total. The molecule has 0 fully saturated rings. The number of imidazole rings is 1. The first kappa shape index (κ1) is 13.1. The molecule has 1 aromatic carbocycles. The largest absolute Gasteiger partial charge is 0.294 e. The Kier molecular flexibility index (Phi) is 3.43. The van der Waals surface area contributed by atoms with E-state index in [0.717, 1.165) is 21.2 Å². The van der Waals surface area contributed by atoms with Crippen molar-refractivity contribution < 1.29 is 0 Å². The van der Waals surface area contributed by atoms with Gasteiger partial charge in [0.15, 0.2) is 0 Å². The Morgan fingerprint density at radius 3 is 2.95 bits per heavy atom. The quantitative estimate of drug-likeness (QED) is 0.663. The summed E-state index contributed by atoms with van der Waals surface area (Å²) in [5.74, 6) is 0.948. The highest BCUT2D eigenvalue weighted by Gasteiger charge is 2.14. The zero-order valence-electron chi connectivity index (χ0n) is 10.2. The number of halogens is 2. The van der Waals surface area contributed by atoms with Crippen LogP contribution in [0.15, 0.2) is 41.1 Å². The smallest absolute Gasteiger partial charge is 0.129 e. The van der Waals surface area contributed by atoms with Crippen LogP contribution in [-0.2, 0) is 5.88 Å². The molecule has 3 aromatic rings. The molecule has 0 aliphatic heterocycles. The van der Waals surface area contributed by atoms with Gasteiger partial charge in [-0.2, -0.15) is 5.26 Å². The second kappa shape index (κ2) is 5.23. The van der Waals surface area contributed by atoms with Gasteiger partial charge >= 0.3 is 0 Å². The molecule has 20 heavy (non-hydrogen) atoms. The van der Waals surface area contributed by atoms with E-state index in [1.54, 1.807) is 18.5 Å². The average molecular weight is 348 g/mol. The van der Waals surface area contributed by atoms with Gasteiger partial charge in [0.1, 0.15) is 17.4 Å². The first-order valence-electron chi connectivity index (χ1n) is 5.82. The molecule has 0 aliphatic rings. The minimum absolute atomic E-state index is 0.260. The summed E-state index contributed by atoms with van der Waals surface area (Å²) in [5, 5.41) is 9.33. The molecule has 2 heterocycles. The summed E-state index contributed by atoms with van der Waals surface area (Å²) in [4.78, 5) is 8.51. The van der Waals surface area contributed by atoms with Crippen LogP contribution in [0.2, 0.25) is 0 Å². The van der Waals surface area contributed by atoms with Crippen molar-refractivity contribution in [1.29, 1.82) is 5.26 Å². The second-order valence-electron chi connectivity index (χ2n) is 4.13. The summed E-state index contributed by atoms with van der Waals surface area (Å²) in [5.41, 5.74) is 2.96. The Balaban J connectivity index is 2.37. The number of nitrogens with zero attached hydrogens (tertiary/aromatic N) is 4. The molecule has 0 bridgehead atoms. The van der Waals surface area contributed by atoms with Crippen LogP contribution < -0.4 is 0 Å². The number of pyridine rings is 1. The van der Waals surface area contributed by atoms with Gasteiger partial charge in [-0.15, -0.1) is 11.6 Å². The van der Waals surface area contributed by atoms with Crippen LogP contribution in [0.4, 0.5) is 0 Å². The molecule has 0 saturated heterocycles. The highest BCUT2D eigenvalue weighted by molar-refractivity contribution is 9.10. The topological polar surface area (TPSA) is 54.5 Å². The maximum absolute atomic E-state index is 9.33. The summed E-state index contributed by atoms with van der Waals surface area (Å²) in [6.07, 6.45) is 3.39. The monoisotopic (exact) mass is 346 g/mol. The van der Waals surface area contributed by atoms with E-state index in [4.69, 9.17) is 11.6 Å². The van der Waals surface area contributed by atoms with Crippen molar-refractivity contribution in [3.05, 3.63) is 52.5 Å². The third-order valence-electron chi connectivity index (χ3n) is 2.97. The maximum Gasteiger partial charge on any atom is 0.129 e. The van der Waals surface area contributed by atoms with Crippen molar-refractivity contribution in [3.63, 3.8) is 0 Å². The Bertz CT molecular complexity index is 835. The molecule has 0 unspecified atom stereocenters. The number of aromatic nitrogens is 3. The Labute approximate surface area is 128 Å². The van der Waals surface area contributed by atoms with Crippen molar-refractivity contribution in [2.45, 2.75) is 5.88 Å². The lowest BCUT2D eigenvalue weighted by atomic mass is 10.2. The van der Waals surface area contributed by atoms with Crippen LogP contribution in [0.1, 0.15) is 11.4 Å². The van der Waals surface area contributed by atoms with E-state index in [0.29, 0.717) is 11.4 Å². The molecular weight excluding hydrogens is 340 g/mol. The number of nitriles is 1. The highest BCUT2D eigenvalue weighted by atomic mass is 79.9. The van der Waals surface area contributed by atoms with Crippen LogP contribution in [-0.4, -0.2) is 14.5 Å². The fourth-order valence-electron chi connectivity index (χ4n) is 2.13. The fraction of sp³-hybridized carbons (Fsp3) is 0.0714. The molecule has 2 aromatic heterocycles. The number of hydrogen-bond donors (Lipinski definition) is 0. The molecule has 0 radical (unpaired) electrons. The van der Waals surface area contributed by atoms with Gasteiger partial charge in [0.05, 0.1) is 28.8 Å². The number of hydrogen-bond acceptors (Lipinski definition) is 3. The van der Waals surface area contributed by atoms with Crippen molar-refractivity contribution in [2.24, 2.45) is 0 Å². The molecule has 0 saturated carbocycles. The lowest BCUT2D eigenvalue weighted by Crippen LogP contribution is -2.02. The molecule has 0 atom stereocenters. The van der Waals surface area contributed by atoms with E-state index in [1.165, 1.54) is 0 Å². The van der Waals surface area contributed by atoms with Crippen molar-refractivity contribution >= 4 is 38.6 Å². The van der Waals surface area contributed by atoms with Crippen LogP contribution in [0.5, 0.6) is 0 Å². The van der Waals surface area contributed by atoms with Crippen LogP contribution in [0.3, 0.4) is 0 Å². The zero-order chi connectivity index (χ0) is 14.1. The molecule has 0 aliphatic carbocycles. The first-order chi connectivity index (χ1) is 9.74. The molecule has 98 valence electrons. The molecule has 0 spiro atoms. The minimum atomic E-state index is 0.260. The summed E-state index contributed by atoms with van der Waals surface area (Å²) in [6.45, 7) is 0. The Morgan fingerprint density at radius 1 is 1.35 bits per heavy atom. The SMILES string of the molecule is N#Cc1cc(Br)ccc1-n1c(CCl)nc2cnccc21. The minimum Gasteiger partial charge on any atom is -0.294 e. The summed E-state index contributed by atoms with van der Waals surface area (Å²) in [6, 6.07) is 9.61. The molecule has 3 rings (SSSR count). The van der Waals surface area contributed by atoms with Gasteiger partial charge in [-0.3, -0.25) is 9.55 Å². The van der Waals surface area contributed by atoms with E-state index in [9.17, 15) is 5.26 Å². The van der Waals surface area contributed by atoms with E-state index in [1.807, 2.05) is 22.8 Å². The predicted octanol–water partition coefficient (Wildman–Crippen LogP) is 3.79. The van der Waals surface area contributed by atoms with Gasteiger partial charge in [0.25, 0.3) is 0 Å². The average Bonchev–Trinajstić information content (AvgIpc) is 2.85. The highest BCUT2D eigenvalue weighted by Crippen LogP contribution is 2.26. The van der Waals surface area contributed by atoms with Gasteiger partial charge in [-0.1, -0.05) is 15.9 Å². The van der Waals surface area contributed by atoms with Crippen LogP contribution >= 0.6 is 27.5 Å². The van der Waals surface area contributed by atoms with Gasteiger partial charge in [-0.25, -0.2) is 4.98 Å². The summed E-state index contributed by atoms with van der Waals surface area (Å²) < 4.78 is 2.76. The number of rotatable bonds is 2. The third kappa shape index (κ3) is 2.07. The van der Waals surface area contributed by atoms with Gasteiger partial charge in [0.2, 0.25) is 0 Å². The zero-order valence-corrected chi connectivity index (χ0v) is 12.6. The van der Waals surface area contributed by atoms with Crippen LogP contribution in [0.25, 0.3) is 16.7 Å². The summed E-state index contributed by atoms with van der Waals surface area (Å²) >= 11 is 9.36. The van der Waals surface area contributed by atoms with Crippen molar-refractivity contribution in [3.8, 4) is 11.8 Å². The van der Waals surface area contributed by atoms with E-state index in [2.05, 4.69) is 32.0 Å². The number of benzene rings is 1. The van der Waals surface area contributed by atoms with Gasteiger partial charge in [-0.05, 0) is 24.3 Å². The molecular formula is C14H8BrClN4. The summed E-state index contributed by atoms with van der Waals surface area (Å²) in [7, 11) is 0. The van der Waals surface area contributed by atoms with E-state index in [-0.39, 0.29) is 5.88 Å². The maximum atomic E-state index is 9.33. The first-order valence-corrected chi connectivity index (χ1v) is 7.14. The van der Waals surface area contributed by atoms with E-state index < -0.39 is 0 Å². The van der Waals surface area contributed by atoms with Crippen LogP contribution in [0, 0.1) is 11.3 Å². The van der Waals surface area contributed by atoms with Crippen molar-refractivity contribution in [2.75, 3.05) is 0 Å². The normalized spacial score (nSPS) is 10.7. The molecule has 0 amide bonds. The number of fused-ring (bicyclic) bond motifs is 1. The molecule has 4 nitrogen and oxygen atoms in total. The third-order valence-corrected chi connectivity index (χ3v) is 3.70.